The summed E-state index contributed by atoms with van der Waals surface area (Å²) in [6.45, 7) is 10.2. The molecule has 1 N–H and O–H groups in total. The molecule has 62 heavy (non-hydrogen) atoms. The minimum absolute atomic E-state index is 0.152. The molecule has 0 unspecified atom stereocenters. The zero-order valence-corrected chi connectivity index (χ0v) is 38.0. The molecule has 0 aromatic heterocycles. The number of fused-ring (bicyclic) bond motifs is 2. The lowest BCUT2D eigenvalue weighted by Gasteiger charge is -2.29. The predicted molar refractivity (Wildman–Crippen MR) is 260 cm³/mol. The molecule has 0 fully saturated rings. The molecule has 0 saturated heterocycles. The van der Waals surface area contributed by atoms with Crippen molar-refractivity contribution in [2.75, 3.05) is 29.5 Å². The molecule has 2 aliphatic rings. The molecule has 6 aromatic carbocycles. The summed E-state index contributed by atoms with van der Waals surface area (Å²) >= 11 is 3.65. The van der Waals surface area contributed by atoms with Gasteiger partial charge in [0.25, 0.3) is 10.1 Å². The summed E-state index contributed by atoms with van der Waals surface area (Å²) in [5, 5.41) is 1.71. The second-order valence-corrected chi connectivity index (χ2v) is 19.0. The minimum Gasteiger partial charge on any atom is -0.456 e. The van der Waals surface area contributed by atoms with E-state index in [4.69, 9.17) is 4.42 Å². The van der Waals surface area contributed by atoms with Crippen LogP contribution >= 0.6 is 23.5 Å². The summed E-state index contributed by atoms with van der Waals surface area (Å²) in [4.78, 5) is 4.67. The Morgan fingerprint density at radius 3 is 1.98 bits per heavy atom. The van der Waals surface area contributed by atoms with Crippen molar-refractivity contribution in [3.8, 4) is 22.5 Å². The average molecular weight is 876 g/mol. The highest BCUT2D eigenvalue weighted by Gasteiger charge is 2.26. The van der Waals surface area contributed by atoms with Crippen molar-refractivity contribution in [2.24, 2.45) is 0 Å². The third-order valence-corrected chi connectivity index (χ3v) is 14.2. The van der Waals surface area contributed by atoms with Crippen LogP contribution in [0.2, 0.25) is 0 Å². The van der Waals surface area contributed by atoms with Gasteiger partial charge in [-0.3, -0.25) is 4.55 Å². The van der Waals surface area contributed by atoms with E-state index in [-0.39, 0.29) is 4.90 Å². The van der Waals surface area contributed by atoms with E-state index in [0.29, 0.717) is 22.5 Å². The largest absolute Gasteiger partial charge is 0.456 e. The van der Waals surface area contributed by atoms with Gasteiger partial charge >= 0.3 is 0 Å². The molecule has 1 aliphatic heterocycles. The molecule has 8 rings (SSSR count). The summed E-state index contributed by atoms with van der Waals surface area (Å²) in [6, 6.07) is 53.0. The molecule has 0 amide bonds. The van der Waals surface area contributed by atoms with Crippen molar-refractivity contribution in [3.63, 3.8) is 0 Å². The van der Waals surface area contributed by atoms with E-state index < -0.39 is 10.1 Å². The van der Waals surface area contributed by atoms with Crippen molar-refractivity contribution in [3.05, 3.63) is 185 Å². The molecular formula is C53H51N2O4S3+. The highest BCUT2D eigenvalue weighted by Crippen LogP contribution is 2.44. The summed E-state index contributed by atoms with van der Waals surface area (Å²) < 4.78 is 46.0. The first kappa shape index (κ1) is 43.1. The number of rotatable bonds is 15. The molecule has 0 bridgehead atoms. The molecule has 0 radical (unpaired) electrons. The maximum atomic E-state index is 13.0. The van der Waals surface area contributed by atoms with Crippen LogP contribution in [-0.2, 0) is 23.0 Å². The minimum atomic E-state index is -4.58. The Balaban J connectivity index is 1.36. The zero-order chi connectivity index (χ0) is 43.2. The SMILES string of the molecule is CCc1cccc(C)c1N(CCSc1ccccc1)c1ccc2c(-c3ccccc3S(=O)(=O)O)c3ccc(=[N+](CCSc4ccccc4)c4c(C)cccc4CC)cc-3oc2c1. The van der Waals surface area contributed by atoms with Crippen LogP contribution in [0.4, 0.5) is 17.1 Å². The first-order valence-electron chi connectivity index (χ1n) is 21.1. The van der Waals surface area contributed by atoms with Crippen molar-refractivity contribution in [1.82, 2.24) is 4.58 Å². The smallest absolute Gasteiger partial charge is 0.295 e. The molecular weight excluding hydrogens is 825 g/mol. The number of aryl methyl sites for hydroxylation is 4. The first-order valence-corrected chi connectivity index (χ1v) is 24.5. The van der Waals surface area contributed by atoms with Gasteiger partial charge in [-0.1, -0.05) is 105 Å². The van der Waals surface area contributed by atoms with Gasteiger partial charge in [-0.05, 0) is 86.3 Å². The monoisotopic (exact) mass is 875 g/mol. The Kier molecular flexibility index (Phi) is 13.4. The summed E-state index contributed by atoms with van der Waals surface area (Å²) in [6.07, 6.45) is 1.75. The predicted octanol–water partition coefficient (Wildman–Crippen LogP) is 13.0. The molecule has 1 aliphatic carbocycles. The molecule has 6 nitrogen and oxygen atoms in total. The van der Waals surface area contributed by atoms with Crippen LogP contribution < -0.4 is 14.8 Å². The normalized spacial score (nSPS) is 12.2. The lowest BCUT2D eigenvalue weighted by Crippen LogP contribution is -2.29. The van der Waals surface area contributed by atoms with Crippen molar-refractivity contribution < 1.29 is 17.4 Å². The average Bonchev–Trinajstić information content (AvgIpc) is 3.29. The van der Waals surface area contributed by atoms with E-state index in [1.54, 1.807) is 12.1 Å². The van der Waals surface area contributed by atoms with Crippen LogP contribution in [0, 0.1) is 13.8 Å². The molecule has 314 valence electrons. The number of nitrogens with zero attached hydrogens (tertiary/aromatic N) is 2. The van der Waals surface area contributed by atoms with Gasteiger partial charge in [-0.25, -0.2) is 0 Å². The number of para-hydroxylation sites is 2. The summed E-state index contributed by atoms with van der Waals surface area (Å²) in [5.41, 5.74) is 10.6. The molecule has 1 heterocycles. The Hall–Kier alpha value is -5.58. The van der Waals surface area contributed by atoms with Gasteiger partial charge in [0.1, 0.15) is 16.2 Å². The van der Waals surface area contributed by atoms with Crippen LogP contribution in [-0.4, -0.2) is 37.6 Å². The highest BCUT2D eigenvalue weighted by atomic mass is 32.2. The highest BCUT2D eigenvalue weighted by molar-refractivity contribution is 7.99. The van der Waals surface area contributed by atoms with Gasteiger partial charge in [0.05, 0.1) is 11.8 Å². The Bertz CT molecular complexity index is 3000. The fraction of sp³-hybridized carbons (Fsp3) is 0.189. The topological polar surface area (TPSA) is 73.8 Å². The van der Waals surface area contributed by atoms with E-state index in [9.17, 15) is 13.0 Å². The zero-order valence-electron chi connectivity index (χ0n) is 35.5. The van der Waals surface area contributed by atoms with Crippen molar-refractivity contribution in [2.45, 2.75) is 55.2 Å². The van der Waals surface area contributed by atoms with Gasteiger partial charge < -0.3 is 9.32 Å². The summed E-state index contributed by atoms with van der Waals surface area (Å²) in [7, 11) is -4.58. The summed E-state index contributed by atoms with van der Waals surface area (Å²) in [5.74, 6) is 2.31. The second kappa shape index (κ2) is 19.2. The molecule has 6 aromatic rings. The van der Waals surface area contributed by atoms with Crippen molar-refractivity contribution in [1.29, 1.82) is 0 Å². The van der Waals surface area contributed by atoms with E-state index in [2.05, 4.69) is 146 Å². The fourth-order valence-electron chi connectivity index (χ4n) is 8.46. The molecule has 0 atom stereocenters. The number of benzene rings is 7. The van der Waals surface area contributed by atoms with Gasteiger partial charge in [0.2, 0.25) is 11.0 Å². The van der Waals surface area contributed by atoms with Gasteiger partial charge in [0, 0.05) is 78.8 Å². The Morgan fingerprint density at radius 1 is 0.645 bits per heavy atom. The maximum absolute atomic E-state index is 13.0. The van der Waals surface area contributed by atoms with Crippen LogP contribution in [0.3, 0.4) is 0 Å². The van der Waals surface area contributed by atoms with E-state index in [0.717, 1.165) is 59.4 Å². The quantitative estimate of drug-likeness (QED) is 0.0476. The Labute approximate surface area is 374 Å². The van der Waals surface area contributed by atoms with Gasteiger partial charge in [-0.2, -0.15) is 13.0 Å². The van der Waals surface area contributed by atoms with E-state index in [1.165, 1.54) is 49.5 Å². The standard InChI is InChI=1S/C53H50N2O4S3/c1-5-39-19-15-17-37(3)52(39)54(31-33-60-43-21-9-7-10-22-43)41-27-29-45-48(35-41)59-49-36-42(28-30-46(49)51(45)47-25-13-14-26-50(47)62(56,57)58)55(32-34-61-44-23-11-8-12-24-44)53-38(4)18-16-20-40(53)6-2/h7-30,35-36H,5-6,31-34H2,1-4H3/p+1. The number of hydrogen-bond acceptors (Lipinski definition) is 6. The second-order valence-electron chi connectivity index (χ2n) is 15.3. The third-order valence-electron chi connectivity index (χ3n) is 11.3. The van der Waals surface area contributed by atoms with Crippen LogP contribution in [0.15, 0.2) is 177 Å². The number of thioether (sulfide) groups is 2. The van der Waals surface area contributed by atoms with Crippen LogP contribution in [0.25, 0.3) is 33.4 Å². The number of anilines is 2. The van der Waals surface area contributed by atoms with E-state index in [1.807, 2.05) is 53.9 Å². The van der Waals surface area contributed by atoms with E-state index >= 15 is 0 Å². The molecule has 9 heteroatoms. The first-order chi connectivity index (χ1) is 30.1. The number of hydrogen-bond donors (Lipinski definition) is 1. The van der Waals surface area contributed by atoms with Crippen LogP contribution in [0.1, 0.15) is 36.1 Å². The third kappa shape index (κ3) is 9.27. The lowest BCUT2D eigenvalue weighted by atomic mass is 9.93. The maximum Gasteiger partial charge on any atom is 0.295 e. The molecule has 0 spiro atoms. The molecule has 0 saturated carbocycles. The van der Waals surface area contributed by atoms with Crippen molar-refractivity contribution >= 4 is 61.7 Å². The van der Waals surface area contributed by atoms with Gasteiger partial charge in [0.15, 0.2) is 6.54 Å². The van der Waals surface area contributed by atoms with Gasteiger partial charge in [-0.15, -0.1) is 23.5 Å². The van der Waals surface area contributed by atoms with Crippen LogP contribution in [0.5, 0.6) is 0 Å². The lowest BCUT2D eigenvalue weighted by molar-refractivity contribution is 0.483. The fourth-order valence-corrected chi connectivity index (χ4v) is 10.9. The Morgan fingerprint density at radius 2 is 1.29 bits per heavy atom.